The molecule has 0 aliphatic heterocycles. The molecule has 110 heavy (non-hydrogen) atoms. The zero-order valence-corrected chi connectivity index (χ0v) is 62.1. The van der Waals surface area contributed by atoms with Crippen molar-refractivity contribution >= 4 is 141 Å². The first-order valence-corrected chi connectivity index (χ1v) is 38.4. The maximum absolute atomic E-state index is 6.46. The van der Waals surface area contributed by atoms with Crippen molar-refractivity contribution in [1.29, 1.82) is 0 Å². The first kappa shape index (κ1) is 67.6. The van der Waals surface area contributed by atoms with Gasteiger partial charge in [0.2, 0.25) is 15.9 Å². The Morgan fingerprint density at radius 2 is 0.609 bits per heavy atom. The molecular formula is C95H56Cl3N9OS2. The van der Waals surface area contributed by atoms with E-state index in [2.05, 4.69) is 279 Å². The molecule has 0 atom stereocenters. The van der Waals surface area contributed by atoms with E-state index in [0.29, 0.717) is 34.9 Å². The normalized spacial score (nSPS) is 11.4. The smallest absolute Gasteiger partial charge is 0.226 e. The number of hydrogen-bond donors (Lipinski definition) is 0. The molecule has 0 fully saturated rings. The highest BCUT2D eigenvalue weighted by Crippen LogP contribution is 2.44. The van der Waals surface area contributed by atoms with Crippen LogP contribution < -0.4 is 0 Å². The van der Waals surface area contributed by atoms with Gasteiger partial charge in [-0.25, -0.2) is 15.0 Å². The molecule has 0 saturated heterocycles. The molecule has 15 heteroatoms. The van der Waals surface area contributed by atoms with Crippen LogP contribution in [0.15, 0.2) is 344 Å². The topological polar surface area (TPSA) is 129 Å². The number of hydrogen-bond acceptors (Lipinski definition) is 12. The predicted octanol–water partition coefficient (Wildman–Crippen LogP) is 27.2. The van der Waals surface area contributed by atoms with Gasteiger partial charge in [-0.05, 0) is 168 Å². The third-order valence-electron chi connectivity index (χ3n) is 19.7. The molecule has 0 spiro atoms. The molecule has 15 aromatic carbocycles. The van der Waals surface area contributed by atoms with Crippen molar-refractivity contribution in [2.75, 3.05) is 0 Å². The zero-order valence-electron chi connectivity index (χ0n) is 58.2. The van der Waals surface area contributed by atoms with Crippen molar-refractivity contribution < 1.29 is 4.42 Å². The molecule has 0 N–H and O–H groups in total. The van der Waals surface area contributed by atoms with Gasteiger partial charge in [-0.15, -0.1) is 22.7 Å². The Hall–Kier alpha value is -13.0. The van der Waals surface area contributed by atoms with E-state index in [9.17, 15) is 0 Å². The van der Waals surface area contributed by atoms with E-state index in [1.54, 1.807) is 22.7 Å². The van der Waals surface area contributed by atoms with Gasteiger partial charge in [-0.2, -0.15) is 29.9 Å². The summed E-state index contributed by atoms with van der Waals surface area (Å²) in [5.41, 5.74) is 16.3. The predicted molar refractivity (Wildman–Crippen MR) is 457 cm³/mol. The van der Waals surface area contributed by atoms with E-state index in [-0.39, 0.29) is 15.9 Å². The van der Waals surface area contributed by atoms with E-state index in [1.165, 1.54) is 74.2 Å². The minimum Gasteiger partial charge on any atom is -0.456 e. The highest BCUT2D eigenvalue weighted by atomic mass is 35.5. The van der Waals surface area contributed by atoms with Crippen LogP contribution in [-0.4, -0.2) is 44.9 Å². The lowest BCUT2D eigenvalue weighted by Gasteiger charge is -2.12. The number of nitrogens with zero attached hydrogens (tertiary/aromatic N) is 9. The molecular weight excluding hydrogens is 1450 g/mol. The second-order valence-electron chi connectivity index (χ2n) is 26.3. The summed E-state index contributed by atoms with van der Waals surface area (Å²) in [6.45, 7) is 0. The highest BCUT2D eigenvalue weighted by molar-refractivity contribution is 7.26. The van der Waals surface area contributed by atoms with E-state index < -0.39 is 0 Å². The molecule has 0 bridgehead atoms. The number of rotatable bonds is 10. The highest BCUT2D eigenvalue weighted by Gasteiger charge is 2.21. The standard InChI is InChI=1S/C33H20ClN3O.2C31H18ClN3S/c34-33-36-31(22-11-5-2-6-12-22)35-32(37-33)26-15-8-16-29-30(26)27-20-25(17-18-28(27)38-29)24-14-7-13-23(19-24)21-9-3-1-4-10-21;32-31-34-29(21-17-15-20(16-18-21)23-11-5-8-19-7-1-2-9-22(19)23)33-30(35-31)26-13-6-12-25-24-10-3-4-14-27(24)36-28(25)26;32-31-34-29(20-14-17-28-26(18-20)24-12-6-7-13-27(24)36-28)33-30(35-31)25-16-15-21(19-8-2-1-3-9-19)22-10-4-5-11-23(22)25/h1-20H;2*1-18H. The summed E-state index contributed by atoms with van der Waals surface area (Å²) in [4.78, 5) is 41.4. The van der Waals surface area contributed by atoms with Crippen molar-refractivity contribution in [2.24, 2.45) is 0 Å². The van der Waals surface area contributed by atoms with Crippen LogP contribution in [0.5, 0.6) is 0 Å². The minimum absolute atomic E-state index is 0.150. The number of aromatic nitrogens is 9. The fraction of sp³-hybridized carbons (Fsp3) is 0. The quantitative estimate of drug-likeness (QED) is 0.130. The first-order valence-electron chi connectivity index (χ1n) is 35.6. The maximum atomic E-state index is 6.46. The summed E-state index contributed by atoms with van der Waals surface area (Å²) in [6.07, 6.45) is 0. The summed E-state index contributed by atoms with van der Waals surface area (Å²) in [6, 6.07) is 117. The molecule has 6 heterocycles. The molecule has 6 aromatic heterocycles. The van der Waals surface area contributed by atoms with E-state index in [4.69, 9.17) is 54.2 Å². The Kier molecular flexibility index (Phi) is 18.0. The molecule has 520 valence electrons. The van der Waals surface area contributed by atoms with Gasteiger partial charge in [-0.3, -0.25) is 0 Å². The number of furan rings is 1. The maximum Gasteiger partial charge on any atom is 0.226 e. The number of benzene rings is 15. The van der Waals surface area contributed by atoms with Gasteiger partial charge in [0.05, 0.1) is 0 Å². The summed E-state index contributed by atoms with van der Waals surface area (Å²) < 4.78 is 11.1. The molecule has 0 aliphatic carbocycles. The fourth-order valence-corrected chi connectivity index (χ4v) is 17.3. The van der Waals surface area contributed by atoms with Crippen LogP contribution in [0.1, 0.15) is 0 Å². The van der Waals surface area contributed by atoms with Crippen LogP contribution >= 0.6 is 57.5 Å². The third kappa shape index (κ3) is 13.2. The SMILES string of the molecule is Clc1nc(-c2ccc(-c3cccc4ccccc34)cc2)nc(-c2cccc3c2sc2ccccc23)n1.Clc1nc(-c2ccc3sc4ccccc4c3c2)nc(-c2ccc(-c3ccccc3)c3ccccc23)n1.Clc1nc(-c2ccccc2)nc(-c2cccc3oc4ccc(-c5cccc(-c6ccccc6)c5)cc4c23)n1. The lowest BCUT2D eigenvalue weighted by molar-refractivity contribution is 0.669. The molecule has 0 unspecified atom stereocenters. The van der Waals surface area contributed by atoms with E-state index in [0.717, 1.165) is 87.5 Å². The molecule has 21 rings (SSSR count). The van der Waals surface area contributed by atoms with Gasteiger partial charge in [-0.1, -0.05) is 273 Å². The van der Waals surface area contributed by atoms with Crippen molar-refractivity contribution in [2.45, 2.75) is 0 Å². The second kappa shape index (κ2) is 29.3. The number of thiophene rings is 2. The summed E-state index contributed by atoms with van der Waals surface area (Å²) >= 11 is 22.8. The number of halogens is 3. The Balaban J connectivity index is 0.000000112. The first-order chi connectivity index (χ1) is 54.2. The molecule has 0 radical (unpaired) electrons. The number of fused-ring (bicyclic) bond motifs is 11. The monoisotopic (exact) mass is 1510 g/mol. The van der Waals surface area contributed by atoms with Crippen LogP contribution in [0.2, 0.25) is 15.9 Å². The van der Waals surface area contributed by atoms with Gasteiger partial charge in [0, 0.05) is 84.5 Å². The Bertz CT molecular complexity index is 7100. The van der Waals surface area contributed by atoms with Crippen LogP contribution in [0.4, 0.5) is 0 Å². The van der Waals surface area contributed by atoms with Crippen molar-refractivity contribution in [3.8, 4) is 113 Å². The van der Waals surface area contributed by atoms with Crippen molar-refractivity contribution in [3.63, 3.8) is 0 Å². The fourth-order valence-electron chi connectivity index (χ4n) is 14.5. The summed E-state index contributed by atoms with van der Waals surface area (Å²) in [5.74, 6) is 3.32. The average Bonchev–Trinajstić information content (AvgIpc) is 1.57. The van der Waals surface area contributed by atoms with Gasteiger partial charge in [0.25, 0.3) is 0 Å². The zero-order chi connectivity index (χ0) is 73.6. The van der Waals surface area contributed by atoms with Crippen LogP contribution in [-0.2, 0) is 0 Å². The van der Waals surface area contributed by atoms with E-state index in [1.807, 2.05) is 91.0 Å². The van der Waals surface area contributed by atoms with Gasteiger partial charge in [0.15, 0.2) is 34.9 Å². The molecule has 0 saturated carbocycles. The summed E-state index contributed by atoms with van der Waals surface area (Å²) in [7, 11) is 0. The molecule has 10 nitrogen and oxygen atoms in total. The van der Waals surface area contributed by atoms with Crippen molar-refractivity contribution in [3.05, 3.63) is 356 Å². The summed E-state index contributed by atoms with van der Waals surface area (Å²) in [5, 5.41) is 12.0. The minimum atomic E-state index is 0.150. The largest absolute Gasteiger partial charge is 0.456 e. The Morgan fingerprint density at radius 1 is 0.209 bits per heavy atom. The average molecular weight is 1510 g/mol. The van der Waals surface area contributed by atoms with Crippen LogP contribution in [0.25, 0.3) is 197 Å². The van der Waals surface area contributed by atoms with Gasteiger partial charge < -0.3 is 4.42 Å². The molecule has 0 amide bonds. The van der Waals surface area contributed by atoms with Gasteiger partial charge in [0.1, 0.15) is 11.2 Å². The van der Waals surface area contributed by atoms with Gasteiger partial charge >= 0.3 is 0 Å². The Labute approximate surface area is 654 Å². The molecule has 0 aliphatic rings. The second-order valence-corrected chi connectivity index (χ2v) is 29.5. The lowest BCUT2D eigenvalue weighted by Crippen LogP contribution is -1.98. The van der Waals surface area contributed by atoms with E-state index >= 15 is 0 Å². The molecule has 21 aromatic rings. The third-order valence-corrected chi connectivity index (χ3v) is 22.5. The van der Waals surface area contributed by atoms with Crippen LogP contribution in [0, 0.1) is 0 Å². The van der Waals surface area contributed by atoms with Crippen LogP contribution in [0.3, 0.4) is 0 Å². The Morgan fingerprint density at radius 3 is 1.31 bits per heavy atom. The van der Waals surface area contributed by atoms with Crippen molar-refractivity contribution in [1.82, 2.24) is 44.9 Å². The lowest BCUT2D eigenvalue weighted by atomic mass is 9.95.